The summed E-state index contributed by atoms with van der Waals surface area (Å²) >= 11 is 5.29. The molecule has 1 saturated heterocycles. The molecule has 1 aliphatic heterocycles. The summed E-state index contributed by atoms with van der Waals surface area (Å²) in [7, 11) is 1.89. The Kier molecular flexibility index (Phi) is 4.55. The summed E-state index contributed by atoms with van der Waals surface area (Å²) in [6.07, 6.45) is 0. The van der Waals surface area contributed by atoms with Crippen LogP contribution in [-0.2, 0) is 6.54 Å². The molecule has 1 N–H and O–H groups in total. The van der Waals surface area contributed by atoms with Crippen LogP contribution < -0.4 is 5.32 Å². The SMILES string of the molecule is CNC(=S)N1CCN(Cc2ccccc2)C(C)C1. The minimum Gasteiger partial charge on any atom is -0.366 e. The van der Waals surface area contributed by atoms with Crippen LogP contribution in [0.5, 0.6) is 0 Å². The van der Waals surface area contributed by atoms with E-state index in [1.165, 1.54) is 5.56 Å². The number of nitrogens with one attached hydrogen (secondary N) is 1. The maximum Gasteiger partial charge on any atom is 0.168 e. The molecule has 0 aromatic heterocycles. The van der Waals surface area contributed by atoms with Crippen LogP contribution >= 0.6 is 12.2 Å². The van der Waals surface area contributed by atoms with Gasteiger partial charge < -0.3 is 10.2 Å². The third-order valence-electron chi connectivity index (χ3n) is 3.49. The molecule has 0 radical (unpaired) electrons. The second-order valence-corrected chi connectivity index (χ2v) is 5.19. The van der Waals surface area contributed by atoms with Gasteiger partial charge in [-0.2, -0.15) is 0 Å². The summed E-state index contributed by atoms with van der Waals surface area (Å²) in [5.74, 6) is 0. The van der Waals surface area contributed by atoms with Crippen LogP contribution in [0.4, 0.5) is 0 Å². The predicted octanol–water partition coefficient (Wildman–Crippen LogP) is 1.70. The molecule has 1 aliphatic rings. The molecule has 2 rings (SSSR count). The van der Waals surface area contributed by atoms with Gasteiger partial charge in [-0.25, -0.2) is 0 Å². The van der Waals surface area contributed by atoms with Crippen molar-refractivity contribution in [3.8, 4) is 0 Å². The highest BCUT2D eigenvalue weighted by Crippen LogP contribution is 2.13. The number of benzene rings is 1. The first kappa shape index (κ1) is 13.3. The van der Waals surface area contributed by atoms with Crippen LogP contribution in [0, 0.1) is 0 Å². The van der Waals surface area contributed by atoms with Crippen LogP contribution in [0.3, 0.4) is 0 Å². The first-order chi connectivity index (χ1) is 8.70. The fraction of sp³-hybridized carbons (Fsp3) is 0.500. The zero-order chi connectivity index (χ0) is 13.0. The van der Waals surface area contributed by atoms with Crippen LogP contribution in [-0.4, -0.2) is 47.6 Å². The fourth-order valence-electron chi connectivity index (χ4n) is 2.39. The highest BCUT2D eigenvalue weighted by molar-refractivity contribution is 7.80. The van der Waals surface area contributed by atoms with E-state index in [1.807, 2.05) is 7.05 Å². The van der Waals surface area contributed by atoms with E-state index in [1.54, 1.807) is 0 Å². The van der Waals surface area contributed by atoms with Gasteiger partial charge in [0.05, 0.1) is 0 Å². The number of hydrogen-bond donors (Lipinski definition) is 1. The molecular weight excluding hydrogens is 242 g/mol. The predicted molar refractivity (Wildman–Crippen MR) is 79.5 cm³/mol. The van der Waals surface area contributed by atoms with Gasteiger partial charge in [-0.3, -0.25) is 4.90 Å². The van der Waals surface area contributed by atoms with E-state index >= 15 is 0 Å². The number of nitrogens with zero attached hydrogens (tertiary/aromatic N) is 2. The van der Waals surface area contributed by atoms with Crippen molar-refractivity contribution in [2.75, 3.05) is 26.7 Å². The van der Waals surface area contributed by atoms with Crippen molar-refractivity contribution in [2.45, 2.75) is 19.5 Å². The number of thiocarbonyl (C=S) groups is 1. The van der Waals surface area contributed by atoms with Crippen molar-refractivity contribution in [3.05, 3.63) is 35.9 Å². The average molecular weight is 263 g/mol. The highest BCUT2D eigenvalue weighted by atomic mass is 32.1. The fourth-order valence-corrected chi connectivity index (χ4v) is 2.56. The van der Waals surface area contributed by atoms with Crippen molar-refractivity contribution >= 4 is 17.3 Å². The molecule has 0 saturated carbocycles. The Morgan fingerprint density at radius 1 is 1.33 bits per heavy atom. The Labute approximate surface area is 115 Å². The Hall–Kier alpha value is -1.13. The van der Waals surface area contributed by atoms with Crippen molar-refractivity contribution in [2.24, 2.45) is 0 Å². The second-order valence-electron chi connectivity index (χ2n) is 4.81. The van der Waals surface area contributed by atoms with Crippen molar-refractivity contribution in [3.63, 3.8) is 0 Å². The Morgan fingerprint density at radius 2 is 2.06 bits per heavy atom. The van der Waals surface area contributed by atoms with Crippen LogP contribution in [0.15, 0.2) is 30.3 Å². The van der Waals surface area contributed by atoms with Crippen molar-refractivity contribution < 1.29 is 0 Å². The Bertz CT molecular complexity index is 393. The van der Waals surface area contributed by atoms with Crippen molar-refractivity contribution in [1.82, 2.24) is 15.1 Å². The summed E-state index contributed by atoms with van der Waals surface area (Å²) in [6.45, 7) is 6.39. The third-order valence-corrected chi connectivity index (χ3v) is 3.96. The molecule has 1 aromatic rings. The summed E-state index contributed by atoms with van der Waals surface area (Å²) in [4.78, 5) is 4.77. The van der Waals surface area contributed by atoms with Gasteiger partial charge in [0.25, 0.3) is 0 Å². The normalized spacial score (nSPS) is 20.8. The van der Waals surface area contributed by atoms with Crippen LogP contribution in [0.1, 0.15) is 12.5 Å². The highest BCUT2D eigenvalue weighted by Gasteiger charge is 2.24. The van der Waals surface area contributed by atoms with E-state index in [-0.39, 0.29) is 0 Å². The maximum atomic E-state index is 5.29. The van der Waals surface area contributed by atoms with E-state index in [2.05, 4.69) is 52.4 Å². The summed E-state index contributed by atoms with van der Waals surface area (Å²) in [5, 5.41) is 3.92. The summed E-state index contributed by atoms with van der Waals surface area (Å²) in [5.41, 5.74) is 1.38. The van der Waals surface area contributed by atoms with Crippen LogP contribution in [0.2, 0.25) is 0 Å². The molecule has 0 bridgehead atoms. The van der Waals surface area contributed by atoms with Gasteiger partial charge in [0, 0.05) is 39.3 Å². The zero-order valence-electron chi connectivity index (χ0n) is 11.1. The topological polar surface area (TPSA) is 18.5 Å². The standard InChI is InChI=1S/C14H21N3S/c1-12-10-17(14(18)15-2)9-8-16(12)11-13-6-4-3-5-7-13/h3-7,12H,8-11H2,1-2H3,(H,15,18). The molecule has 1 aromatic carbocycles. The lowest BCUT2D eigenvalue weighted by Gasteiger charge is -2.40. The molecule has 1 heterocycles. The van der Waals surface area contributed by atoms with Crippen LogP contribution in [0.25, 0.3) is 0 Å². The summed E-state index contributed by atoms with van der Waals surface area (Å²) < 4.78 is 0. The third kappa shape index (κ3) is 3.21. The molecule has 1 fully saturated rings. The number of hydrogen-bond acceptors (Lipinski definition) is 2. The molecule has 0 aliphatic carbocycles. The Balaban J connectivity index is 1.92. The largest absolute Gasteiger partial charge is 0.366 e. The molecule has 18 heavy (non-hydrogen) atoms. The maximum absolute atomic E-state index is 5.29. The van der Waals surface area contributed by atoms with Crippen molar-refractivity contribution in [1.29, 1.82) is 0 Å². The second kappa shape index (κ2) is 6.16. The molecule has 0 spiro atoms. The smallest absolute Gasteiger partial charge is 0.168 e. The number of piperazine rings is 1. The van der Waals surface area contributed by atoms with Gasteiger partial charge in [0.2, 0.25) is 0 Å². The lowest BCUT2D eigenvalue weighted by atomic mass is 10.1. The molecule has 4 heteroatoms. The molecule has 98 valence electrons. The van der Waals surface area contributed by atoms with E-state index in [0.29, 0.717) is 6.04 Å². The van der Waals surface area contributed by atoms with E-state index in [4.69, 9.17) is 12.2 Å². The van der Waals surface area contributed by atoms with E-state index < -0.39 is 0 Å². The van der Waals surface area contributed by atoms with Gasteiger partial charge in [-0.05, 0) is 24.7 Å². The molecule has 3 nitrogen and oxygen atoms in total. The first-order valence-electron chi connectivity index (χ1n) is 6.45. The van der Waals surface area contributed by atoms with Gasteiger partial charge in [-0.15, -0.1) is 0 Å². The quantitative estimate of drug-likeness (QED) is 0.818. The summed E-state index contributed by atoms with van der Waals surface area (Å²) in [6, 6.07) is 11.2. The minimum absolute atomic E-state index is 0.533. The molecule has 0 amide bonds. The molecular formula is C14H21N3S. The average Bonchev–Trinajstić information content (AvgIpc) is 2.41. The monoisotopic (exact) mass is 263 g/mol. The molecule has 1 unspecified atom stereocenters. The van der Waals surface area contributed by atoms with Gasteiger partial charge in [0.15, 0.2) is 5.11 Å². The minimum atomic E-state index is 0.533. The van der Waals surface area contributed by atoms with Gasteiger partial charge in [0.1, 0.15) is 0 Å². The lowest BCUT2D eigenvalue weighted by molar-refractivity contribution is 0.116. The molecule has 1 atom stereocenters. The lowest BCUT2D eigenvalue weighted by Crippen LogP contribution is -2.54. The van der Waals surface area contributed by atoms with Gasteiger partial charge in [-0.1, -0.05) is 30.3 Å². The zero-order valence-corrected chi connectivity index (χ0v) is 11.9. The number of rotatable bonds is 2. The van der Waals surface area contributed by atoms with E-state index in [9.17, 15) is 0 Å². The van der Waals surface area contributed by atoms with Gasteiger partial charge >= 0.3 is 0 Å². The first-order valence-corrected chi connectivity index (χ1v) is 6.86. The van der Waals surface area contributed by atoms with E-state index in [0.717, 1.165) is 31.3 Å². The Morgan fingerprint density at radius 3 is 2.67 bits per heavy atom.